The summed E-state index contributed by atoms with van der Waals surface area (Å²) in [5.41, 5.74) is 3.43. The Morgan fingerprint density at radius 1 is 0.429 bits per heavy atom. The summed E-state index contributed by atoms with van der Waals surface area (Å²) in [6.45, 7) is 6.64. The quantitative estimate of drug-likeness (QED) is 0.171. The van der Waals surface area contributed by atoms with Crippen LogP contribution in [-0.2, 0) is 0 Å². The molecule has 6 heteroatoms. The lowest BCUT2D eigenvalue weighted by molar-refractivity contribution is 0.499. The lowest BCUT2D eigenvalue weighted by atomic mass is 9.92. The lowest BCUT2D eigenvalue weighted by Gasteiger charge is -2.24. The molecule has 1 heterocycles. The van der Waals surface area contributed by atoms with Crippen LogP contribution in [0.1, 0.15) is 0 Å². The molecular formula is C43H33O4PSi. The zero-order chi connectivity index (χ0) is 33.1. The number of benzene rings is 8. The molecule has 0 spiro atoms. The van der Waals surface area contributed by atoms with Crippen LogP contribution in [0.4, 0.5) is 0 Å². The second-order valence-electron chi connectivity index (χ2n) is 13.4. The van der Waals surface area contributed by atoms with E-state index in [0.29, 0.717) is 5.75 Å². The van der Waals surface area contributed by atoms with E-state index < -0.39 is 16.6 Å². The van der Waals surface area contributed by atoms with E-state index >= 15 is 0 Å². The van der Waals surface area contributed by atoms with Gasteiger partial charge in [0.15, 0.2) is 0 Å². The standard InChI is InChI=1S/C43H33O4PSi/c1-49(2,3)47-39-27-23-31-15-7-11-19-35(31)43(39)42-34-18-10-6-14-30(34)22-26-38(42)46-48-44-36-24-20-28-12-4-8-16-32(28)40(36)41-33-17-9-5-13-29(33)21-25-37(41)45-48/h4-27H,1-3H3. The first-order valence-corrected chi connectivity index (χ1v) is 21.0. The first kappa shape index (κ1) is 29.6. The molecule has 0 radical (unpaired) electrons. The van der Waals surface area contributed by atoms with Gasteiger partial charge in [-0.15, -0.1) is 0 Å². The number of rotatable bonds is 5. The maximum Gasteiger partial charge on any atom is 0.453 e. The summed E-state index contributed by atoms with van der Waals surface area (Å²) in [6.07, 6.45) is 0. The van der Waals surface area contributed by atoms with Crippen molar-refractivity contribution in [1.82, 2.24) is 0 Å². The first-order chi connectivity index (χ1) is 23.9. The zero-order valence-corrected chi connectivity index (χ0v) is 29.3. The van der Waals surface area contributed by atoms with E-state index in [2.05, 4.69) is 147 Å². The van der Waals surface area contributed by atoms with Crippen LogP contribution in [0.25, 0.3) is 76.2 Å². The molecular weight excluding hydrogens is 640 g/mol. The Morgan fingerprint density at radius 3 is 1.31 bits per heavy atom. The van der Waals surface area contributed by atoms with Gasteiger partial charge < -0.3 is 17.3 Å². The zero-order valence-electron chi connectivity index (χ0n) is 27.4. The topological polar surface area (TPSA) is 44.7 Å². The molecule has 9 aromatic rings. The Bertz CT molecular complexity index is 2680. The van der Waals surface area contributed by atoms with Gasteiger partial charge in [-0.1, -0.05) is 121 Å². The predicted molar refractivity (Wildman–Crippen MR) is 208 cm³/mol. The average Bonchev–Trinajstić information content (AvgIpc) is 3.28. The lowest BCUT2D eigenvalue weighted by Crippen LogP contribution is -2.29. The molecule has 49 heavy (non-hydrogen) atoms. The van der Waals surface area contributed by atoms with Crippen LogP contribution in [0.5, 0.6) is 11.5 Å². The highest BCUT2D eigenvalue weighted by Gasteiger charge is 2.24. The summed E-state index contributed by atoms with van der Waals surface area (Å²) in [5.74, 6) is 1.52. The first-order valence-electron chi connectivity index (χ1n) is 16.5. The van der Waals surface area contributed by atoms with Crippen molar-refractivity contribution in [3.8, 4) is 22.6 Å². The van der Waals surface area contributed by atoms with Crippen LogP contribution >= 0.6 is 8.24 Å². The van der Waals surface area contributed by atoms with Crippen LogP contribution in [0, 0.1) is 0 Å². The van der Waals surface area contributed by atoms with Crippen LogP contribution in [0.2, 0.25) is 19.6 Å². The summed E-state index contributed by atoms with van der Waals surface area (Å²) < 4.78 is 27.4. The Kier molecular flexibility index (Phi) is 7.01. The van der Waals surface area contributed by atoms with E-state index in [1.165, 1.54) is 0 Å². The van der Waals surface area contributed by atoms with Gasteiger partial charge >= 0.3 is 8.24 Å². The smallest absolute Gasteiger partial charge is 0.453 e. The molecule has 0 saturated heterocycles. The maximum atomic E-state index is 6.98. The highest BCUT2D eigenvalue weighted by Crippen LogP contribution is 2.49. The Balaban J connectivity index is 1.36. The van der Waals surface area contributed by atoms with Gasteiger partial charge in [-0.2, -0.15) is 0 Å². The predicted octanol–water partition coefficient (Wildman–Crippen LogP) is 13.6. The van der Waals surface area contributed by atoms with Crippen molar-refractivity contribution in [2.45, 2.75) is 19.6 Å². The molecule has 0 atom stereocenters. The SMILES string of the molecule is C[Si](C)(C)Oc1ccc2ccccc2c1-c1c(Op2oc3ccc4ccccc4c3c3c(ccc4ccccc43)o2)ccc2ccccc12. The van der Waals surface area contributed by atoms with Crippen molar-refractivity contribution < 1.29 is 17.3 Å². The molecule has 238 valence electrons. The van der Waals surface area contributed by atoms with Gasteiger partial charge in [-0.05, 0) is 87.0 Å². The van der Waals surface area contributed by atoms with Crippen molar-refractivity contribution in [3.05, 3.63) is 146 Å². The minimum absolute atomic E-state index is 0.674. The van der Waals surface area contributed by atoms with Gasteiger partial charge in [0, 0.05) is 21.9 Å². The molecule has 0 aliphatic heterocycles. The molecule has 8 aromatic carbocycles. The molecule has 4 nitrogen and oxygen atoms in total. The molecule has 0 amide bonds. The van der Waals surface area contributed by atoms with Gasteiger partial charge in [0.05, 0.1) is 0 Å². The van der Waals surface area contributed by atoms with Crippen molar-refractivity contribution in [2.75, 3.05) is 0 Å². The van der Waals surface area contributed by atoms with Gasteiger partial charge in [0.25, 0.3) is 0 Å². The van der Waals surface area contributed by atoms with Crippen LogP contribution < -0.4 is 8.95 Å². The molecule has 0 fully saturated rings. The number of fused-ring (bicyclic) bond motifs is 9. The minimum atomic E-state index is -1.99. The van der Waals surface area contributed by atoms with E-state index in [1.54, 1.807) is 0 Å². The molecule has 0 saturated carbocycles. The van der Waals surface area contributed by atoms with Crippen molar-refractivity contribution >= 4 is 81.6 Å². The third kappa shape index (κ3) is 5.23. The highest BCUT2D eigenvalue weighted by molar-refractivity contribution is 7.32. The third-order valence-corrected chi connectivity index (χ3v) is 10.9. The molecule has 9 rings (SSSR count). The van der Waals surface area contributed by atoms with Crippen molar-refractivity contribution in [2.24, 2.45) is 0 Å². The van der Waals surface area contributed by atoms with E-state index in [0.717, 1.165) is 81.9 Å². The van der Waals surface area contributed by atoms with E-state index in [1.807, 2.05) is 18.2 Å². The van der Waals surface area contributed by atoms with Gasteiger partial charge in [-0.25, -0.2) is 0 Å². The third-order valence-electron chi connectivity index (χ3n) is 9.00. The highest BCUT2D eigenvalue weighted by atomic mass is 31.1. The van der Waals surface area contributed by atoms with Gasteiger partial charge in [-0.3, -0.25) is 0 Å². The fourth-order valence-electron chi connectivity index (χ4n) is 6.98. The van der Waals surface area contributed by atoms with E-state index in [9.17, 15) is 0 Å². The van der Waals surface area contributed by atoms with Crippen LogP contribution in [-0.4, -0.2) is 8.32 Å². The Morgan fingerprint density at radius 2 is 0.816 bits per heavy atom. The second kappa shape index (κ2) is 11.6. The molecule has 0 aliphatic carbocycles. The van der Waals surface area contributed by atoms with Gasteiger partial charge in [0.2, 0.25) is 8.32 Å². The average molecular weight is 673 g/mol. The summed E-state index contributed by atoms with van der Waals surface area (Å²) in [6, 6.07) is 50.5. The van der Waals surface area contributed by atoms with Crippen LogP contribution in [0.3, 0.4) is 0 Å². The maximum absolute atomic E-state index is 6.98. The fourth-order valence-corrected chi connectivity index (χ4v) is 8.86. The molecule has 0 aliphatic rings. The summed E-state index contributed by atoms with van der Waals surface area (Å²) in [5, 5.41) is 10.9. The van der Waals surface area contributed by atoms with Gasteiger partial charge in [0.1, 0.15) is 22.7 Å². The van der Waals surface area contributed by atoms with Crippen molar-refractivity contribution in [3.63, 3.8) is 0 Å². The molecule has 0 bridgehead atoms. The largest absolute Gasteiger partial charge is 0.544 e. The van der Waals surface area contributed by atoms with E-state index in [4.69, 9.17) is 17.3 Å². The van der Waals surface area contributed by atoms with Crippen molar-refractivity contribution in [1.29, 1.82) is 0 Å². The molecule has 1 aromatic heterocycles. The monoisotopic (exact) mass is 672 g/mol. The fraction of sp³-hybridized carbons (Fsp3) is 0.0698. The van der Waals surface area contributed by atoms with E-state index in [-0.39, 0.29) is 0 Å². The normalized spacial score (nSPS) is 12.0. The number of hydrogen-bond acceptors (Lipinski definition) is 4. The number of hydrogen-bond donors (Lipinski definition) is 0. The molecule has 0 unspecified atom stereocenters. The molecule has 0 N–H and O–H groups in total. The Labute approximate surface area is 285 Å². The summed E-state index contributed by atoms with van der Waals surface area (Å²) in [4.78, 5) is 0. The summed E-state index contributed by atoms with van der Waals surface area (Å²) in [7, 11) is -3.93. The minimum Gasteiger partial charge on any atom is -0.544 e. The Hall–Kier alpha value is -5.48. The summed E-state index contributed by atoms with van der Waals surface area (Å²) >= 11 is 0. The second-order valence-corrected chi connectivity index (χ2v) is 18.8. The van der Waals surface area contributed by atoms with Crippen LogP contribution in [0.15, 0.2) is 154 Å².